The van der Waals surface area contributed by atoms with E-state index >= 15 is 0 Å². The summed E-state index contributed by atoms with van der Waals surface area (Å²) >= 11 is 0. The Morgan fingerprint density at radius 1 is 1.08 bits per heavy atom. The third kappa shape index (κ3) is 2.95. The van der Waals surface area contributed by atoms with Crippen LogP contribution in [-0.4, -0.2) is 40.5 Å². The third-order valence-electron chi connectivity index (χ3n) is 4.25. The van der Waals surface area contributed by atoms with Gasteiger partial charge in [-0.2, -0.15) is 10.1 Å². The summed E-state index contributed by atoms with van der Waals surface area (Å²) in [6, 6.07) is 14.2. The van der Waals surface area contributed by atoms with E-state index in [0.29, 0.717) is 11.6 Å². The number of hydrazone groups is 1. The molecule has 0 radical (unpaired) electrons. The molecular formula is C19H19N7. The molecular weight excluding hydrogens is 326 g/mol. The van der Waals surface area contributed by atoms with E-state index in [1.54, 1.807) is 6.21 Å². The Hall–Kier alpha value is -3.48. The molecule has 2 aromatic heterocycles. The number of para-hydroxylation sites is 1. The zero-order chi connectivity index (χ0) is 18.1. The van der Waals surface area contributed by atoms with Gasteiger partial charge >= 0.3 is 0 Å². The Labute approximate surface area is 150 Å². The first-order valence-corrected chi connectivity index (χ1v) is 8.30. The molecule has 0 amide bonds. The lowest BCUT2D eigenvalue weighted by atomic mass is 10.1. The molecule has 2 N–H and O–H groups in total. The molecule has 0 bridgehead atoms. The molecule has 0 spiro atoms. The fraction of sp³-hybridized carbons (Fsp3) is 0.158. The summed E-state index contributed by atoms with van der Waals surface area (Å²) < 4.78 is 0. The maximum atomic E-state index is 4.46. The number of aromatic amines is 1. The lowest BCUT2D eigenvalue weighted by Gasteiger charge is -2.11. The minimum Gasteiger partial charge on any atom is -0.378 e. The first kappa shape index (κ1) is 16.0. The lowest BCUT2D eigenvalue weighted by Crippen LogP contribution is -2.08. The third-order valence-corrected chi connectivity index (χ3v) is 4.25. The van der Waals surface area contributed by atoms with Crippen molar-refractivity contribution in [3.05, 3.63) is 53.6 Å². The van der Waals surface area contributed by atoms with Crippen LogP contribution in [0, 0.1) is 6.92 Å². The van der Waals surface area contributed by atoms with E-state index in [1.165, 1.54) is 0 Å². The number of nitrogens with one attached hydrogen (secondary N) is 2. The Morgan fingerprint density at radius 3 is 2.65 bits per heavy atom. The van der Waals surface area contributed by atoms with Gasteiger partial charge in [-0.05, 0) is 30.2 Å². The van der Waals surface area contributed by atoms with Crippen LogP contribution < -0.4 is 10.3 Å². The summed E-state index contributed by atoms with van der Waals surface area (Å²) in [5, 5.41) is 13.6. The zero-order valence-corrected chi connectivity index (χ0v) is 14.9. The molecule has 26 heavy (non-hydrogen) atoms. The molecule has 130 valence electrons. The highest BCUT2D eigenvalue weighted by Crippen LogP contribution is 2.24. The fourth-order valence-electron chi connectivity index (χ4n) is 2.81. The molecule has 0 aliphatic rings. The van der Waals surface area contributed by atoms with Gasteiger partial charge in [0.2, 0.25) is 0 Å². The minimum atomic E-state index is 0.350. The van der Waals surface area contributed by atoms with Gasteiger partial charge in [-0.3, -0.25) is 0 Å². The summed E-state index contributed by atoms with van der Waals surface area (Å²) in [6.45, 7) is 2.05. The summed E-state index contributed by atoms with van der Waals surface area (Å²) in [4.78, 5) is 9.81. The highest BCUT2D eigenvalue weighted by molar-refractivity contribution is 6.04. The van der Waals surface area contributed by atoms with Crippen molar-refractivity contribution in [1.29, 1.82) is 0 Å². The standard InChI is InChI=1S/C19H19N7/c1-12-5-4-6-15-16(12)21-18-17(15)23-25-19(22-18)24-20-11-13-7-9-14(10-8-13)26(2)3/h4-11H,1-3H3,(H2,21,22,24,25). The molecule has 7 heteroatoms. The number of aryl methyl sites for hydroxylation is 1. The number of benzene rings is 2. The molecule has 2 aromatic carbocycles. The molecule has 2 heterocycles. The van der Waals surface area contributed by atoms with E-state index in [2.05, 4.69) is 48.6 Å². The number of aromatic nitrogens is 4. The highest BCUT2D eigenvalue weighted by atomic mass is 15.4. The largest absolute Gasteiger partial charge is 0.378 e. The second-order valence-corrected chi connectivity index (χ2v) is 6.31. The Kier molecular flexibility index (Phi) is 3.96. The van der Waals surface area contributed by atoms with E-state index in [9.17, 15) is 0 Å². The van der Waals surface area contributed by atoms with E-state index in [4.69, 9.17) is 0 Å². The van der Waals surface area contributed by atoms with Crippen LogP contribution in [0.15, 0.2) is 47.6 Å². The Balaban J connectivity index is 1.55. The summed E-state index contributed by atoms with van der Waals surface area (Å²) in [6.07, 6.45) is 1.72. The molecule has 4 rings (SSSR count). The number of fused-ring (bicyclic) bond motifs is 3. The number of anilines is 2. The average molecular weight is 345 g/mol. The van der Waals surface area contributed by atoms with Crippen molar-refractivity contribution in [2.24, 2.45) is 5.10 Å². The van der Waals surface area contributed by atoms with E-state index in [0.717, 1.165) is 33.2 Å². The number of hydrogen-bond donors (Lipinski definition) is 2. The van der Waals surface area contributed by atoms with Crippen molar-refractivity contribution >= 4 is 39.9 Å². The van der Waals surface area contributed by atoms with Crippen LogP contribution in [0.4, 0.5) is 11.6 Å². The number of nitrogens with zero attached hydrogens (tertiary/aromatic N) is 5. The molecule has 0 saturated heterocycles. The number of rotatable bonds is 4. The smallest absolute Gasteiger partial charge is 0.265 e. The van der Waals surface area contributed by atoms with Gasteiger partial charge in [-0.15, -0.1) is 10.2 Å². The van der Waals surface area contributed by atoms with Gasteiger partial charge in [0.25, 0.3) is 5.95 Å². The van der Waals surface area contributed by atoms with Crippen LogP contribution >= 0.6 is 0 Å². The van der Waals surface area contributed by atoms with Crippen LogP contribution in [0.3, 0.4) is 0 Å². The van der Waals surface area contributed by atoms with Crippen LogP contribution in [0.2, 0.25) is 0 Å². The van der Waals surface area contributed by atoms with E-state index < -0.39 is 0 Å². The van der Waals surface area contributed by atoms with Crippen LogP contribution in [-0.2, 0) is 0 Å². The second-order valence-electron chi connectivity index (χ2n) is 6.31. The average Bonchev–Trinajstić information content (AvgIpc) is 3.01. The van der Waals surface area contributed by atoms with Gasteiger partial charge in [0.05, 0.1) is 11.7 Å². The summed E-state index contributed by atoms with van der Waals surface area (Å²) in [5.41, 5.74) is 8.60. The Bertz CT molecular complexity index is 1090. The van der Waals surface area contributed by atoms with Crippen molar-refractivity contribution in [2.75, 3.05) is 24.4 Å². The van der Waals surface area contributed by atoms with Crippen molar-refractivity contribution in [3.8, 4) is 0 Å². The topological polar surface area (TPSA) is 82.1 Å². The van der Waals surface area contributed by atoms with Crippen LogP contribution in [0.1, 0.15) is 11.1 Å². The van der Waals surface area contributed by atoms with Crippen molar-refractivity contribution in [2.45, 2.75) is 6.92 Å². The number of H-pyrrole nitrogens is 1. The van der Waals surface area contributed by atoms with Gasteiger partial charge < -0.3 is 9.88 Å². The lowest BCUT2D eigenvalue weighted by molar-refractivity contribution is 1.01. The molecule has 0 saturated carbocycles. The fourth-order valence-corrected chi connectivity index (χ4v) is 2.81. The Morgan fingerprint density at radius 2 is 1.88 bits per heavy atom. The predicted molar refractivity (Wildman–Crippen MR) is 106 cm³/mol. The monoisotopic (exact) mass is 345 g/mol. The molecule has 0 fully saturated rings. The molecule has 0 aliphatic heterocycles. The molecule has 4 aromatic rings. The minimum absolute atomic E-state index is 0.350. The van der Waals surface area contributed by atoms with Gasteiger partial charge in [0, 0.05) is 25.2 Å². The molecule has 7 nitrogen and oxygen atoms in total. The van der Waals surface area contributed by atoms with Gasteiger partial charge in [-0.25, -0.2) is 5.43 Å². The van der Waals surface area contributed by atoms with Gasteiger partial charge in [0.15, 0.2) is 5.65 Å². The maximum Gasteiger partial charge on any atom is 0.265 e. The normalized spacial score (nSPS) is 11.5. The van der Waals surface area contributed by atoms with Crippen LogP contribution in [0.25, 0.3) is 22.1 Å². The van der Waals surface area contributed by atoms with E-state index in [-0.39, 0.29) is 0 Å². The van der Waals surface area contributed by atoms with Crippen LogP contribution in [0.5, 0.6) is 0 Å². The molecule has 0 aliphatic carbocycles. The van der Waals surface area contributed by atoms with Crippen molar-refractivity contribution in [3.63, 3.8) is 0 Å². The quantitative estimate of drug-likeness (QED) is 0.438. The second kappa shape index (κ2) is 6.44. The van der Waals surface area contributed by atoms with Crippen molar-refractivity contribution in [1.82, 2.24) is 20.2 Å². The summed E-state index contributed by atoms with van der Waals surface area (Å²) in [7, 11) is 4.02. The zero-order valence-electron chi connectivity index (χ0n) is 14.9. The predicted octanol–water partition coefficient (Wildman–Crippen LogP) is 3.33. The van der Waals surface area contributed by atoms with Crippen molar-refractivity contribution < 1.29 is 0 Å². The summed E-state index contributed by atoms with van der Waals surface area (Å²) in [5.74, 6) is 0.350. The molecule has 0 unspecified atom stereocenters. The van der Waals surface area contributed by atoms with Gasteiger partial charge in [-0.1, -0.05) is 30.3 Å². The SMILES string of the molecule is Cc1cccc2c1[nH]c1nc(NN=Cc3ccc(N(C)C)cc3)nnc12. The van der Waals surface area contributed by atoms with Gasteiger partial charge in [0.1, 0.15) is 5.52 Å². The maximum absolute atomic E-state index is 4.46. The number of hydrogen-bond acceptors (Lipinski definition) is 6. The van der Waals surface area contributed by atoms with E-state index in [1.807, 2.05) is 50.5 Å². The first-order chi connectivity index (χ1) is 12.6. The first-order valence-electron chi connectivity index (χ1n) is 8.30. The molecule has 0 atom stereocenters. The highest BCUT2D eigenvalue weighted by Gasteiger charge is 2.09.